The fourth-order valence-corrected chi connectivity index (χ4v) is 6.84. The molecule has 0 saturated heterocycles. The Morgan fingerprint density at radius 1 is 0.200 bits per heavy atom. The maximum absolute atomic E-state index is 2.49. The maximum atomic E-state index is 2.49. The summed E-state index contributed by atoms with van der Waals surface area (Å²) in [6, 6.07) is 63.1. The molecule has 0 radical (unpaired) electrons. The first-order valence-corrected chi connectivity index (χ1v) is 14.3. The summed E-state index contributed by atoms with van der Waals surface area (Å²) < 4.78 is 0. The monoisotopic (exact) mass is 512 g/mol. The number of fused-ring (bicyclic) bond motifs is 4. The predicted octanol–water partition coefficient (Wildman–Crippen LogP) is 9.93. The Balaban J connectivity index is 1.56. The molecule has 0 amide bonds. The number of hydrogen-bond donors (Lipinski definition) is 0. The lowest BCUT2D eigenvalue weighted by molar-refractivity contribution is 0.660. The Bertz CT molecular complexity index is 1440. The van der Waals surface area contributed by atoms with E-state index in [1.807, 2.05) is 0 Å². The van der Waals surface area contributed by atoms with Crippen molar-refractivity contribution in [2.24, 2.45) is 0 Å². The third-order valence-corrected chi connectivity index (χ3v) is 8.56. The van der Waals surface area contributed by atoms with Gasteiger partial charge in [0.15, 0.2) is 0 Å². The van der Waals surface area contributed by atoms with Gasteiger partial charge in [0.25, 0.3) is 0 Å². The average Bonchev–Trinajstić information content (AvgIpc) is 3.04. The molecule has 0 N–H and O–H groups in total. The molecule has 4 bridgehead atoms. The van der Waals surface area contributed by atoms with Gasteiger partial charge in [-0.1, -0.05) is 170 Å². The van der Waals surface area contributed by atoms with Crippen LogP contribution in [0.5, 0.6) is 0 Å². The first-order chi connectivity index (χ1) is 19.9. The molecular formula is C40H32. The second-order valence-electron chi connectivity index (χ2n) is 10.9. The van der Waals surface area contributed by atoms with E-state index in [-0.39, 0.29) is 23.7 Å². The Morgan fingerprint density at radius 3 is 0.625 bits per heavy atom. The van der Waals surface area contributed by atoms with E-state index in [2.05, 4.69) is 170 Å². The third-order valence-electron chi connectivity index (χ3n) is 8.56. The highest BCUT2D eigenvalue weighted by Crippen LogP contribution is 2.49. The first-order valence-electron chi connectivity index (χ1n) is 14.3. The number of hydrogen-bond acceptors (Lipinski definition) is 0. The lowest BCUT2D eigenvalue weighted by Gasteiger charge is -2.35. The SMILES string of the molecule is c1ccc(C2c3cccc(c3)C(c3ccccc3)C(c3ccccc3)c3cccc(c3)C2c2ccccc2)cc1. The summed E-state index contributed by atoms with van der Waals surface area (Å²) in [7, 11) is 0. The van der Waals surface area contributed by atoms with E-state index in [4.69, 9.17) is 0 Å². The standard InChI is InChI=1S/C40H32/c1-5-15-29(16-6-1)37-33-23-13-25-35(27-33)39(31-19-9-3-10-20-31)40(32-21-11-4-12-22-32)36-26-14-24-34(28-36)38(37)30-17-7-2-8-18-30/h1-28,37-40H. The predicted molar refractivity (Wildman–Crippen MR) is 166 cm³/mol. The van der Waals surface area contributed by atoms with E-state index in [1.165, 1.54) is 44.5 Å². The van der Waals surface area contributed by atoms with Gasteiger partial charge in [0.2, 0.25) is 0 Å². The molecule has 7 rings (SSSR count). The fraction of sp³-hybridized carbons (Fsp3) is 0.100. The van der Waals surface area contributed by atoms with Crippen molar-refractivity contribution >= 4 is 0 Å². The minimum absolute atomic E-state index is 0.184. The molecule has 0 spiro atoms. The summed E-state index contributed by atoms with van der Waals surface area (Å²) in [5.74, 6) is 0.735. The lowest BCUT2D eigenvalue weighted by atomic mass is 9.68. The molecule has 0 heteroatoms. The molecule has 0 heterocycles. The minimum Gasteiger partial charge on any atom is -0.0622 e. The van der Waals surface area contributed by atoms with Gasteiger partial charge < -0.3 is 0 Å². The maximum Gasteiger partial charge on any atom is 0.0199 e. The van der Waals surface area contributed by atoms with Crippen molar-refractivity contribution in [2.45, 2.75) is 23.7 Å². The van der Waals surface area contributed by atoms with Crippen molar-refractivity contribution in [3.05, 3.63) is 214 Å². The molecule has 0 nitrogen and oxygen atoms in total. The van der Waals surface area contributed by atoms with Crippen molar-refractivity contribution < 1.29 is 0 Å². The molecule has 0 aliphatic heterocycles. The van der Waals surface area contributed by atoms with E-state index in [9.17, 15) is 0 Å². The van der Waals surface area contributed by atoms with Crippen LogP contribution < -0.4 is 0 Å². The quantitative estimate of drug-likeness (QED) is 0.220. The van der Waals surface area contributed by atoms with E-state index >= 15 is 0 Å². The van der Waals surface area contributed by atoms with Crippen LogP contribution in [0.2, 0.25) is 0 Å². The van der Waals surface area contributed by atoms with E-state index < -0.39 is 0 Å². The van der Waals surface area contributed by atoms with Crippen LogP contribution in [0.15, 0.2) is 170 Å². The fourth-order valence-electron chi connectivity index (χ4n) is 6.84. The summed E-state index contributed by atoms with van der Waals surface area (Å²) in [6.45, 7) is 0. The van der Waals surface area contributed by atoms with Gasteiger partial charge in [-0.05, 0) is 44.5 Å². The van der Waals surface area contributed by atoms with Crippen molar-refractivity contribution in [1.82, 2.24) is 0 Å². The topological polar surface area (TPSA) is 0 Å². The van der Waals surface area contributed by atoms with Gasteiger partial charge in [0, 0.05) is 23.7 Å². The van der Waals surface area contributed by atoms with E-state index in [1.54, 1.807) is 0 Å². The highest BCUT2D eigenvalue weighted by molar-refractivity contribution is 5.52. The molecule has 0 aromatic heterocycles. The zero-order valence-corrected chi connectivity index (χ0v) is 22.5. The summed E-state index contributed by atoms with van der Waals surface area (Å²) in [6.07, 6.45) is 0. The van der Waals surface area contributed by atoms with Gasteiger partial charge in [0.05, 0.1) is 0 Å². The van der Waals surface area contributed by atoms with Gasteiger partial charge in [-0.3, -0.25) is 0 Å². The molecule has 4 unspecified atom stereocenters. The smallest absolute Gasteiger partial charge is 0.0199 e. The Hall–Kier alpha value is -4.68. The van der Waals surface area contributed by atoms with Crippen molar-refractivity contribution in [3.63, 3.8) is 0 Å². The van der Waals surface area contributed by atoms with Crippen molar-refractivity contribution in [3.8, 4) is 0 Å². The van der Waals surface area contributed by atoms with Gasteiger partial charge in [-0.25, -0.2) is 0 Å². The van der Waals surface area contributed by atoms with E-state index in [0.717, 1.165) is 0 Å². The zero-order chi connectivity index (χ0) is 26.7. The average molecular weight is 513 g/mol. The highest BCUT2D eigenvalue weighted by Gasteiger charge is 2.34. The molecular weight excluding hydrogens is 480 g/mol. The van der Waals surface area contributed by atoms with Crippen LogP contribution in [0.25, 0.3) is 0 Å². The summed E-state index contributed by atoms with van der Waals surface area (Å²) >= 11 is 0. The third kappa shape index (κ3) is 4.56. The summed E-state index contributed by atoms with van der Waals surface area (Å²) in [5.41, 5.74) is 10.8. The second kappa shape index (κ2) is 10.8. The number of rotatable bonds is 4. The molecule has 6 aromatic rings. The van der Waals surface area contributed by atoms with Crippen LogP contribution in [-0.4, -0.2) is 0 Å². The number of benzene rings is 6. The van der Waals surface area contributed by atoms with Gasteiger partial charge in [0.1, 0.15) is 0 Å². The Morgan fingerprint density at radius 2 is 0.400 bits per heavy atom. The minimum atomic E-state index is 0.184. The summed E-state index contributed by atoms with van der Waals surface area (Å²) in [4.78, 5) is 0. The van der Waals surface area contributed by atoms with Crippen molar-refractivity contribution in [2.75, 3.05) is 0 Å². The van der Waals surface area contributed by atoms with Crippen LogP contribution in [0, 0.1) is 0 Å². The summed E-state index contributed by atoms with van der Waals surface area (Å²) in [5, 5.41) is 0. The normalized spacial score (nSPS) is 20.0. The van der Waals surface area contributed by atoms with Gasteiger partial charge >= 0.3 is 0 Å². The molecule has 6 aromatic carbocycles. The highest BCUT2D eigenvalue weighted by atomic mass is 14.4. The van der Waals surface area contributed by atoms with Crippen LogP contribution in [0.3, 0.4) is 0 Å². The zero-order valence-electron chi connectivity index (χ0n) is 22.5. The molecule has 1 aliphatic carbocycles. The van der Waals surface area contributed by atoms with Gasteiger partial charge in [-0.2, -0.15) is 0 Å². The molecule has 1 aliphatic rings. The molecule has 0 fully saturated rings. The van der Waals surface area contributed by atoms with Crippen LogP contribution in [0.1, 0.15) is 68.2 Å². The molecule has 4 atom stereocenters. The largest absolute Gasteiger partial charge is 0.0622 e. The molecule has 0 saturated carbocycles. The van der Waals surface area contributed by atoms with Gasteiger partial charge in [-0.15, -0.1) is 0 Å². The van der Waals surface area contributed by atoms with Crippen LogP contribution >= 0.6 is 0 Å². The molecule has 40 heavy (non-hydrogen) atoms. The Labute approximate surface area is 237 Å². The second-order valence-corrected chi connectivity index (χ2v) is 10.9. The Kier molecular flexibility index (Phi) is 6.60. The lowest BCUT2D eigenvalue weighted by Crippen LogP contribution is -2.20. The van der Waals surface area contributed by atoms with Crippen LogP contribution in [0.4, 0.5) is 0 Å². The molecule has 192 valence electrons. The van der Waals surface area contributed by atoms with E-state index in [0.29, 0.717) is 0 Å². The first kappa shape index (κ1) is 24.4. The van der Waals surface area contributed by atoms with Crippen LogP contribution in [-0.2, 0) is 0 Å². The van der Waals surface area contributed by atoms with Crippen molar-refractivity contribution in [1.29, 1.82) is 0 Å².